The molecule has 0 aliphatic carbocycles. The van der Waals surface area contributed by atoms with Crippen LogP contribution in [0.2, 0.25) is 6.55 Å². The highest BCUT2D eigenvalue weighted by Crippen LogP contribution is 2.02. The lowest BCUT2D eigenvalue weighted by molar-refractivity contribution is 0.403. The van der Waals surface area contributed by atoms with E-state index in [-0.39, 0.29) is 0 Å². The molecule has 0 fully saturated rings. The van der Waals surface area contributed by atoms with Crippen molar-refractivity contribution < 1.29 is 0 Å². The second-order valence-electron chi connectivity index (χ2n) is 3.55. The van der Waals surface area contributed by atoms with Gasteiger partial charge in [-0.1, -0.05) is 30.8 Å². The van der Waals surface area contributed by atoms with Crippen LogP contribution in [0.1, 0.15) is 5.56 Å². The molecular weight excluding hydrogens is 198 g/mol. The van der Waals surface area contributed by atoms with Gasteiger partial charge >= 0.3 is 0 Å². The van der Waals surface area contributed by atoms with Gasteiger partial charge in [0.2, 0.25) is 0 Å². The lowest BCUT2D eigenvalue weighted by atomic mass is 10.2. The van der Waals surface area contributed by atoms with Crippen molar-refractivity contribution in [3.05, 3.63) is 29.8 Å². The SMILES string of the molecule is CN(C)Cc1ccccc1[SiH](C)Cl. The second kappa shape index (κ2) is 4.79. The molecule has 1 nitrogen and oxygen atoms in total. The molecule has 1 aromatic carbocycles. The molecule has 0 amide bonds. The molecule has 0 heterocycles. The topological polar surface area (TPSA) is 3.24 Å². The highest BCUT2D eigenvalue weighted by atomic mass is 35.6. The number of halogens is 1. The van der Waals surface area contributed by atoms with Crippen LogP contribution in [0.25, 0.3) is 0 Å². The second-order valence-corrected chi connectivity index (χ2v) is 7.37. The van der Waals surface area contributed by atoms with E-state index >= 15 is 0 Å². The van der Waals surface area contributed by atoms with Gasteiger partial charge in [0, 0.05) is 6.54 Å². The smallest absolute Gasteiger partial charge is 0.168 e. The largest absolute Gasteiger partial charge is 0.305 e. The van der Waals surface area contributed by atoms with E-state index in [4.69, 9.17) is 11.1 Å². The van der Waals surface area contributed by atoms with E-state index in [1.54, 1.807) is 0 Å². The standard InChI is InChI=1S/C10H16ClNSi/c1-12(2)8-9-6-4-5-7-10(9)13(3)11/h4-7,13H,8H2,1-3H3. The fourth-order valence-corrected chi connectivity index (χ4v) is 3.12. The van der Waals surface area contributed by atoms with E-state index in [1.807, 2.05) is 0 Å². The first-order chi connectivity index (χ1) is 6.11. The van der Waals surface area contributed by atoms with Crippen molar-refractivity contribution in [1.29, 1.82) is 0 Å². The average Bonchev–Trinajstić information content (AvgIpc) is 2.03. The minimum atomic E-state index is -1.18. The molecule has 0 N–H and O–H groups in total. The summed E-state index contributed by atoms with van der Waals surface area (Å²) < 4.78 is 0. The van der Waals surface area contributed by atoms with Crippen LogP contribution in [0.4, 0.5) is 0 Å². The van der Waals surface area contributed by atoms with Crippen LogP contribution < -0.4 is 5.19 Å². The van der Waals surface area contributed by atoms with E-state index in [2.05, 4.69) is 49.8 Å². The van der Waals surface area contributed by atoms with Crippen molar-refractivity contribution in [3.8, 4) is 0 Å². The van der Waals surface area contributed by atoms with Gasteiger partial charge in [-0.25, -0.2) is 0 Å². The molecule has 1 unspecified atom stereocenters. The molecule has 0 aliphatic heterocycles. The van der Waals surface area contributed by atoms with Gasteiger partial charge in [-0.2, -0.15) is 11.1 Å². The van der Waals surface area contributed by atoms with Crippen LogP contribution in [0, 0.1) is 0 Å². The maximum absolute atomic E-state index is 6.21. The lowest BCUT2D eigenvalue weighted by Crippen LogP contribution is -2.27. The molecule has 0 saturated carbocycles. The van der Waals surface area contributed by atoms with E-state index in [0.717, 1.165) is 6.54 Å². The van der Waals surface area contributed by atoms with E-state index in [9.17, 15) is 0 Å². The Labute approximate surface area is 86.6 Å². The minimum Gasteiger partial charge on any atom is -0.305 e. The van der Waals surface area contributed by atoms with E-state index in [1.165, 1.54) is 10.8 Å². The Hall–Kier alpha value is -0.313. The lowest BCUT2D eigenvalue weighted by Gasteiger charge is -2.14. The predicted octanol–water partition coefficient (Wildman–Crippen LogP) is 1.55. The molecule has 0 bridgehead atoms. The van der Waals surface area contributed by atoms with Crippen molar-refractivity contribution in [2.45, 2.75) is 13.1 Å². The molecular formula is C10H16ClNSi. The van der Waals surface area contributed by atoms with Crippen LogP contribution >= 0.6 is 11.1 Å². The Morgan fingerprint density at radius 3 is 2.46 bits per heavy atom. The van der Waals surface area contributed by atoms with Crippen LogP contribution in [-0.4, -0.2) is 27.1 Å². The van der Waals surface area contributed by atoms with Crippen LogP contribution in [-0.2, 0) is 6.54 Å². The number of nitrogens with zero attached hydrogens (tertiary/aromatic N) is 1. The fraction of sp³-hybridized carbons (Fsp3) is 0.400. The molecule has 0 aromatic heterocycles. The Morgan fingerprint density at radius 2 is 1.92 bits per heavy atom. The minimum absolute atomic E-state index is 0.986. The quantitative estimate of drug-likeness (QED) is 0.544. The molecule has 1 atom stereocenters. The van der Waals surface area contributed by atoms with Crippen molar-refractivity contribution in [2.75, 3.05) is 14.1 Å². The number of rotatable bonds is 3. The molecule has 0 aliphatic rings. The number of hydrogen-bond acceptors (Lipinski definition) is 1. The first kappa shape index (κ1) is 10.8. The third-order valence-corrected chi connectivity index (χ3v) is 4.10. The third kappa shape index (κ3) is 3.14. The van der Waals surface area contributed by atoms with Crippen molar-refractivity contribution in [3.63, 3.8) is 0 Å². The van der Waals surface area contributed by atoms with Crippen molar-refractivity contribution >= 4 is 24.4 Å². The normalized spacial score (nSPS) is 13.3. The van der Waals surface area contributed by atoms with Crippen LogP contribution in [0.3, 0.4) is 0 Å². The predicted molar refractivity (Wildman–Crippen MR) is 62.3 cm³/mol. The zero-order chi connectivity index (χ0) is 9.84. The summed E-state index contributed by atoms with van der Waals surface area (Å²) in [6.07, 6.45) is 0. The Balaban J connectivity index is 2.91. The van der Waals surface area contributed by atoms with Gasteiger partial charge in [-0.3, -0.25) is 0 Å². The van der Waals surface area contributed by atoms with Gasteiger partial charge in [0.05, 0.1) is 0 Å². The van der Waals surface area contributed by atoms with Gasteiger partial charge < -0.3 is 4.90 Å². The monoisotopic (exact) mass is 213 g/mol. The molecule has 0 saturated heterocycles. The molecule has 13 heavy (non-hydrogen) atoms. The first-order valence-electron chi connectivity index (χ1n) is 4.48. The summed E-state index contributed by atoms with van der Waals surface area (Å²) in [4.78, 5) is 2.17. The Morgan fingerprint density at radius 1 is 1.31 bits per heavy atom. The van der Waals surface area contributed by atoms with Crippen molar-refractivity contribution in [1.82, 2.24) is 4.90 Å². The average molecular weight is 214 g/mol. The Bertz CT molecular complexity index is 273. The zero-order valence-electron chi connectivity index (χ0n) is 8.42. The summed E-state index contributed by atoms with van der Waals surface area (Å²) in [5.74, 6) is 0. The number of benzene rings is 1. The summed E-state index contributed by atoms with van der Waals surface area (Å²) in [6.45, 7) is 3.14. The molecule has 1 aromatic rings. The Kier molecular flexibility index (Phi) is 3.97. The number of hydrogen-bond donors (Lipinski definition) is 0. The van der Waals surface area contributed by atoms with Crippen molar-refractivity contribution in [2.24, 2.45) is 0 Å². The highest BCUT2D eigenvalue weighted by molar-refractivity contribution is 7.13. The molecule has 0 radical (unpaired) electrons. The van der Waals surface area contributed by atoms with Gasteiger partial charge in [-0.15, -0.1) is 0 Å². The van der Waals surface area contributed by atoms with Crippen LogP contribution in [0.5, 0.6) is 0 Å². The summed E-state index contributed by atoms with van der Waals surface area (Å²) in [7, 11) is 2.98. The first-order valence-corrected chi connectivity index (χ1v) is 7.95. The van der Waals surface area contributed by atoms with Gasteiger partial charge in [0.15, 0.2) is 8.11 Å². The van der Waals surface area contributed by atoms with E-state index in [0.29, 0.717) is 0 Å². The van der Waals surface area contributed by atoms with Gasteiger partial charge in [0.1, 0.15) is 0 Å². The summed E-state index contributed by atoms with van der Waals surface area (Å²) in [5.41, 5.74) is 1.38. The maximum atomic E-state index is 6.21. The zero-order valence-corrected chi connectivity index (χ0v) is 10.3. The third-order valence-electron chi connectivity index (χ3n) is 1.97. The summed E-state index contributed by atoms with van der Waals surface area (Å²) >= 11 is 6.21. The fourth-order valence-electron chi connectivity index (χ4n) is 1.41. The highest BCUT2D eigenvalue weighted by Gasteiger charge is 2.08. The molecule has 0 spiro atoms. The summed E-state index contributed by atoms with van der Waals surface area (Å²) in [6, 6.07) is 8.47. The van der Waals surface area contributed by atoms with E-state index < -0.39 is 8.11 Å². The van der Waals surface area contributed by atoms with Gasteiger partial charge in [-0.05, 0) is 24.8 Å². The molecule has 3 heteroatoms. The molecule has 1 rings (SSSR count). The van der Waals surface area contributed by atoms with Gasteiger partial charge in [0.25, 0.3) is 0 Å². The summed E-state index contributed by atoms with van der Waals surface area (Å²) in [5, 5.41) is 1.37. The molecule has 72 valence electrons. The van der Waals surface area contributed by atoms with Crippen LogP contribution in [0.15, 0.2) is 24.3 Å². The maximum Gasteiger partial charge on any atom is 0.168 e.